The molecule has 2 aliphatic heterocycles. The summed E-state index contributed by atoms with van der Waals surface area (Å²) in [6.07, 6.45) is 5.30. The first-order valence-electron chi connectivity index (χ1n) is 13.0. The second kappa shape index (κ2) is 10.6. The van der Waals surface area contributed by atoms with Gasteiger partial charge in [-0.05, 0) is 43.0 Å². The van der Waals surface area contributed by atoms with Crippen LogP contribution in [0.15, 0.2) is 53.4 Å². The van der Waals surface area contributed by atoms with E-state index in [-0.39, 0.29) is 35.4 Å². The summed E-state index contributed by atoms with van der Waals surface area (Å²) in [5.41, 5.74) is 1.30. The molecule has 10 nitrogen and oxygen atoms in total. The Hall–Kier alpha value is -3.41. The van der Waals surface area contributed by atoms with Crippen molar-refractivity contribution in [3.63, 3.8) is 0 Å². The standard InChI is InChI=1S/C28H32N2O8S/c1-37-21-10-9-18-17-30(15-13-28-12-11-19(31)16-23(28)38-26(21)25(18)28)24(32)8-4-5-14-29-39(35,36)22-7-3-2-6-20(22)27(33)34/h2-3,6-7,9-12,19,23,29,31H,4-5,8,13-17H2,1H3,(H,33,34)/t19-,23?,28?/m0/s1. The molecular formula is C28H32N2O8S. The van der Waals surface area contributed by atoms with Crippen LogP contribution in [0.3, 0.4) is 0 Å². The molecule has 0 bridgehead atoms. The fourth-order valence-corrected chi connectivity index (χ4v) is 7.14. The molecule has 0 saturated heterocycles. The summed E-state index contributed by atoms with van der Waals surface area (Å²) >= 11 is 0. The molecule has 1 aliphatic carbocycles. The third-order valence-electron chi connectivity index (χ3n) is 7.83. The van der Waals surface area contributed by atoms with Crippen molar-refractivity contribution in [1.82, 2.24) is 9.62 Å². The summed E-state index contributed by atoms with van der Waals surface area (Å²) in [6.45, 7) is 1.04. The van der Waals surface area contributed by atoms with Crippen LogP contribution in [0.4, 0.5) is 0 Å². The molecule has 2 unspecified atom stereocenters. The molecule has 0 saturated carbocycles. The van der Waals surface area contributed by atoms with E-state index in [1.54, 1.807) is 7.11 Å². The first-order valence-corrected chi connectivity index (χ1v) is 14.5. The topological polar surface area (TPSA) is 142 Å². The van der Waals surface area contributed by atoms with Gasteiger partial charge in [0.05, 0.1) is 29.1 Å². The van der Waals surface area contributed by atoms with E-state index in [2.05, 4.69) is 4.72 Å². The van der Waals surface area contributed by atoms with E-state index in [9.17, 15) is 28.2 Å². The number of carbonyl (C=O) groups excluding carboxylic acids is 1. The van der Waals surface area contributed by atoms with Gasteiger partial charge >= 0.3 is 5.97 Å². The lowest BCUT2D eigenvalue weighted by Gasteiger charge is -2.35. The van der Waals surface area contributed by atoms with Gasteiger partial charge in [0.2, 0.25) is 15.9 Å². The molecule has 3 atom stereocenters. The van der Waals surface area contributed by atoms with E-state index in [1.165, 1.54) is 24.3 Å². The van der Waals surface area contributed by atoms with Crippen LogP contribution in [0.5, 0.6) is 11.5 Å². The number of sulfonamides is 1. The quantitative estimate of drug-likeness (QED) is 0.316. The molecule has 1 spiro atoms. The predicted octanol–water partition coefficient (Wildman–Crippen LogP) is 2.59. The number of nitrogens with zero attached hydrogens (tertiary/aromatic N) is 1. The normalized spacial score (nSPS) is 23.4. The Morgan fingerprint density at radius 1 is 1.21 bits per heavy atom. The van der Waals surface area contributed by atoms with Gasteiger partial charge in [0, 0.05) is 38.0 Å². The monoisotopic (exact) mass is 556 g/mol. The molecule has 2 aromatic carbocycles. The van der Waals surface area contributed by atoms with Crippen molar-refractivity contribution in [2.45, 2.75) is 61.2 Å². The maximum Gasteiger partial charge on any atom is 0.337 e. The van der Waals surface area contributed by atoms with Crippen molar-refractivity contribution in [2.24, 2.45) is 0 Å². The van der Waals surface area contributed by atoms with Gasteiger partial charge in [-0.2, -0.15) is 0 Å². The number of carboxylic acid groups (broad SMARTS) is 1. The minimum atomic E-state index is -3.99. The Balaban J connectivity index is 1.22. The number of aliphatic hydroxyl groups is 1. The molecule has 1 amide bonds. The van der Waals surface area contributed by atoms with Gasteiger partial charge in [0.1, 0.15) is 6.10 Å². The van der Waals surface area contributed by atoms with Crippen LogP contribution < -0.4 is 14.2 Å². The van der Waals surface area contributed by atoms with Crippen LogP contribution in [0.2, 0.25) is 0 Å². The van der Waals surface area contributed by atoms with Crippen molar-refractivity contribution in [3.8, 4) is 11.5 Å². The van der Waals surface area contributed by atoms with Gasteiger partial charge in [-0.3, -0.25) is 4.79 Å². The van der Waals surface area contributed by atoms with Crippen LogP contribution in [0.1, 0.15) is 53.6 Å². The molecule has 5 rings (SSSR count). The maximum atomic E-state index is 13.2. The fourth-order valence-electron chi connectivity index (χ4n) is 5.87. The number of carboxylic acids is 1. The molecule has 11 heteroatoms. The Bertz CT molecular complexity index is 1420. The van der Waals surface area contributed by atoms with Crippen molar-refractivity contribution in [2.75, 3.05) is 20.2 Å². The number of nitrogens with one attached hydrogen (secondary N) is 1. The van der Waals surface area contributed by atoms with Gasteiger partial charge in [-0.15, -0.1) is 0 Å². The average Bonchev–Trinajstić information content (AvgIpc) is 3.15. The Labute approximate surface area is 227 Å². The fraction of sp³-hybridized carbons (Fsp3) is 0.429. The number of aliphatic hydroxyl groups excluding tert-OH is 1. The molecule has 39 heavy (non-hydrogen) atoms. The second-order valence-corrected chi connectivity index (χ2v) is 11.9. The van der Waals surface area contributed by atoms with E-state index >= 15 is 0 Å². The number of ether oxygens (including phenoxy) is 2. The number of benzene rings is 2. The van der Waals surface area contributed by atoms with Crippen LogP contribution >= 0.6 is 0 Å². The van der Waals surface area contributed by atoms with Gasteiger partial charge < -0.3 is 24.6 Å². The Morgan fingerprint density at radius 3 is 2.77 bits per heavy atom. The van der Waals surface area contributed by atoms with Gasteiger partial charge in [0.25, 0.3) is 0 Å². The summed E-state index contributed by atoms with van der Waals surface area (Å²) in [5, 5.41) is 19.5. The minimum absolute atomic E-state index is 0.0210. The zero-order valence-corrected chi connectivity index (χ0v) is 22.4. The summed E-state index contributed by atoms with van der Waals surface area (Å²) < 4.78 is 39.5. The van der Waals surface area contributed by atoms with Crippen molar-refractivity contribution in [3.05, 3.63) is 65.2 Å². The van der Waals surface area contributed by atoms with Crippen LogP contribution in [0, 0.1) is 0 Å². The number of hydrogen-bond donors (Lipinski definition) is 3. The third-order valence-corrected chi connectivity index (χ3v) is 9.34. The molecule has 2 aromatic rings. The van der Waals surface area contributed by atoms with E-state index in [0.717, 1.165) is 11.1 Å². The van der Waals surface area contributed by atoms with E-state index in [4.69, 9.17) is 9.47 Å². The SMILES string of the molecule is COc1ccc2c3c1OC1C[C@@H](O)C=CC31CCN(C(=O)CCCCNS(=O)(=O)c1ccccc1C(=O)O)C2. The van der Waals surface area contributed by atoms with Crippen LogP contribution in [-0.2, 0) is 26.8 Å². The highest BCUT2D eigenvalue weighted by Gasteiger charge is 2.53. The van der Waals surface area contributed by atoms with E-state index in [1.807, 2.05) is 29.2 Å². The van der Waals surface area contributed by atoms with Gasteiger partial charge in [-0.25, -0.2) is 17.9 Å². The molecule has 208 valence electrons. The number of carbonyl (C=O) groups is 2. The zero-order chi connectivity index (χ0) is 27.8. The largest absolute Gasteiger partial charge is 0.493 e. The summed E-state index contributed by atoms with van der Waals surface area (Å²) in [7, 11) is -2.40. The third kappa shape index (κ3) is 5.02. The summed E-state index contributed by atoms with van der Waals surface area (Å²) in [4.78, 5) is 26.1. The van der Waals surface area contributed by atoms with E-state index < -0.39 is 27.5 Å². The Morgan fingerprint density at radius 2 is 2.00 bits per heavy atom. The highest BCUT2D eigenvalue weighted by atomic mass is 32.2. The number of rotatable bonds is 9. The summed E-state index contributed by atoms with van der Waals surface area (Å²) in [6, 6.07) is 9.27. The second-order valence-electron chi connectivity index (χ2n) is 10.2. The highest BCUT2D eigenvalue weighted by molar-refractivity contribution is 7.89. The van der Waals surface area contributed by atoms with Crippen LogP contribution in [-0.4, -0.2) is 67.8 Å². The lowest BCUT2D eigenvalue weighted by Crippen LogP contribution is -2.43. The minimum Gasteiger partial charge on any atom is -0.493 e. The molecule has 2 heterocycles. The van der Waals surface area contributed by atoms with Gasteiger partial charge in [-0.1, -0.05) is 30.4 Å². The lowest BCUT2D eigenvalue weighted by molar-refractivity contribution is -0.132. The smallest absolute Gasteiger partial charge is 0.337 e. The highest BCUT2D eigenvalue weighted by Crippen LogP contribution is 2.55. The molecule has 0 radical (unpaired) electrons. The van der Waals surface area contributed by atoms with Crippen molar-refractivity contribution >= 4 is 21.9 Å². The van der Waals surface area contributed by atoms with Gasteiger partial charge in [0.15, 0.2) is 11.5 Å². The lowest BCUT2D eigenvalue weighted by atomic mass is 9.69. The van der Waals surface area contributed by atoms with Crippen molar-refractivity contribution < 1.29 is 37.7 Å². The maximum absolute atomic E-state index is 13.2. The molecular weight excluding hydrogens is 524 g/mol. The predicted molar refractivity (Wildman–Crippen MR) is 141 cm³/mol. The van der Waals surface area contributed by atoms with Crippen molar-refractivity contribution in [1.29, 1.82) is 0 Å². The first kappa shape index (κ1) is 27.2. The summed E-state index contributed by atoms with van der Waals surface area (Å²) in [5.74, 6) is -0.0129. The number of aromatic carboxylic acids is 1. The number of amides is 1. The van der Waals surface area contributed by atoms with Crippen LogP contribution in [0.25, 0.3) is 0 Å². The number of methoxy groups -OCH3 is 1. The molecule has 3 N–H and O–H groups in total. The first-order chi connectivity index (χ1) is 18.7. The number of unbranched alkanes of at least 4 members (excludes halogenated alkanes) is 1. The zero-order valence-electron chi connectivity index (χ0n) is 21.6. The molecule has 3 aliphatic rings. The Kier molecular flexibility index (Phi) is 7.41. The molecule has 0 fully saturated rings. The molecule has 0 aromatic heterocycles. The van der Waals surface area contributed by atoms with E-state index in [0.29, 0.717) is 50.3 Å². The number of hydrogen-bond acceptors (Lipinski definition) is 7. The average molecular weight is 557 g/mol.